The monoisotopic (exact) mass is 301 g/mol. The Labute approximate surface area is 109 Å². The molecule has 0 bridgehead atoms. The molecule has 0 atom stereocenters. The fourth-order valence-electron chi connectivity index (χ4n) is 1.30. The molecule has 0 aliphatic heterocycles. The number of rotatable bonds is 7. The van der Waals surface area contributed by atoms with Crippen LogP contribution in [-0.4, -0.2) is 31.3 Å². The quantitative estimate of drug-likeness (QED) is 0.420. The Morgan fingerprint density at radius 1 is 1.41 bits per heavy atom. The number of hydrogen-bond acceptors (Lipinski definition) is 4. The highest BCUT2D eigenvalue weighted by atomic mass is 79.9. The summed E-state index contributed by atoms with van der Waals surface area (Å²) in [5, 5.41) is 14.8. The topological polar surface area (TPSA) is 74.2 Å². The van der Waals surface area contributed by atoms with Crippen molar-refractivity contribution in [2.45, 2.75) is 0 Å². The molecule has 1 aromatic heterocycles. The molecule has 6 heteroatoms. The Hall–Kier alpha value is -1.11. The number of nitrogen functional groups attached to an aromatic ring is 1. The second-order valence-corrected chi connectivity index (χ2v) is 4.40. The van der Waals surface area contributed by atoms with Crippen LogP contribution in [0.2, 0.25) is 0 Å². The van der Waals surface area contributed by atoms with Gasteiger partial charge in [-0.2, -0.15) is 0 Å². The zero-order valence-corrected chi connectivity index (χ0v) is 11.2. The number of anilines is 1. The molecule has 5 nitrogen and oxygen atoms in total. The maximum absolute atomic E-state index is 8.59. The number of pyridine rings is 1. The van der Waals surface area contributed by atoms with Crippen LogP contribution in [0, 0.1) is 0 Å². The maximum atomic E-state index is 8.59. The summed E-state index contributed by atoms with van der Waals surface area (Å²) in [5.41, 5.74) is 5.83. The van der Waals surface area contributed by atoms with Crippen LogP contribution < -0.4 is 20.9 Å². The van der Waals surface area contributed by atoms with Crippen molar-refractivity contribution >= 4 is 27.6 Å². The van der Waals surface area contributed by atoms with Crippen molar-refractivity contribution in [2.75, 3.05) is 32.0 Å². The van der Waals surface area contributed by atoms with Crippen LogP contribution >= 0.6 is 15.9 Å². The molecule has 94 valence electrons. The van der Waals surface area contributed by atoms with Crippen molar-refractivity contribution in [3.05, 3.63) is 29.4 Å². The van der Waals surface area contributed by atoms with E-state index in [1.807, 2.05) is 12.3 Å². The molecule has 0 saturated carbocycles. The first-order valence-corrected chi connectivity index (χ1v) is 6.16. The van der Waals surface area contributed by atoms with Gasteiger partial charge in [0.25, 0.3) is 0 Å². The van der Waals surface area contributed by atoms with Gasteiger partial charge in [0.2, 0.25) is 11.6 Å². The van der Waals surface area contributed by atoms with Gasteiger partial charge in [0.1, 0.15) is 0 Å². The first-order valence-electron chi connectivity index (χ1n) is 5.36. The molecule has 5 N–H and O–H groups in total. The standard InChI is InChI=1S/C11H17BrN4O/c1-9(15-5-4-14-6-7-17)16-8-10(12)2-3-11(16)13/h2-3,8,13-15,17H,1,4-7H2/p+1. The highest BCUT2D eigenvalue weighted by Crippen LogP contribution is 2.08. The van der Waals surface area contributed by atoms with E-state index in [0.29, 0.717) is 12.4 Å². The molecule has 1 heterocycles. The smallest absolute Gasteiger partial charge is 0.223 e. The summed E-state index contributed by atoms with van der Waals surface area (Å²) in [6.45, 7) is 6.14. The Kier molecular flexibility index (Phi) is 5.96. The van der Waals surface area contributed by atoms with E-state index in [0.717, 1.165) is 23.4 Å². The third-order valence-electron chi connectivity index (χ3n) is 2.15. The molecule has 0 radical (unpaired) electrons. The van der Waals surface area contributed by atoms with Gasteiger partial charge < -0.3 is 21.5 Å². The molecule has 0 amide bonds. The molecule has 0 saturated heterocycles. The van der Waals surface area contributed by atoms with E-state index in [1.165, 1.54) is 0 Å². The Balaban J connectivity index is 2.44. The van der Waals surface area contributed by atoms with Crippen LogP contribution in [0.1, 0.15) is 0 Å². The minimum atomic E-state index is 0.147. The van der Waals surface area contributed by atoms with E-state index < -0.39 is 0 Å². The van der Waals surface area contributed by atoms with E-state index in [2.05, 4.69) is 33.1 Å². The van der Waals surface area contributed by atoms with Gasteiger partial charge in [-0.1, -0.05) is 0 Å². The Morgan fingerprint density at radius 2 is 2.18 bits per heavy atom. The third-order valence-corrected chi connectivity index (χ3v) is 2.62. The highest BCUT2D eigenvalue weighted by molar-refractivity contribution is 9.10. The molecule has 0 spiro atoms. The van der Waals surface area contributed by atoms with Crippen molar-refractivity contribution in [3.8, 4) is 0 Å². The summed E-state index contributed by atoms with van der Waals surface area (Å²) < 4.78 is 2.71. The van der Waals surface area contributed by atoms with Crippen LogP contribution in [0.3, 0.4) is 0 Å². The van der Waals surface area contributed by atoms with Crippen LogP contribution in [0.15, 0.2) is 29.4 Å². The van der Waals surface area contributed by atoms with Crippen LogP contribution in [0.4, 0.5) is 5.82 Å². The number of aromatic nitrogens is 1. The highest BCUT2D eigenvalue weighted by Gasteiger charge is 2.07. The van der Waals surface area contributed by atoms with Crippen molar-refractivity contribution in [1.29, 1.82) is 0 Å². The Bertz CT molecular complexity index is 384. The number of nitrogens with two attached hydrogens (primary N) is 1. The first kappa shape index (κ1) is 14.0. The fourth-order valence-corrected chi connectivity index (χ4v) is 1.64. The molecule has 1 rings (SSSR count). The van der Waals surface area contributed by atoms with E-state index in [-0.39, 0.29) is 6.61 Å². The summed E-state index contributed by atoms with van der Waals surface area (Å²) in [4.78, 5) is 0. The maximum Gasteiger partial charge on any atom is 0.223 e. The summed E-state index contributed by atoms with van der Waals surface area (Å²) >= 11 is 3.38. The van der Waals surface area contributed by atoms with E-state index in [9.17, 15) is 0 Å². The first-order chi connectivity index (χ1) is 8.15. The number of nitrogens with one attached hydrogen (secondary N) is 2. The van der Waals surface area contributed by atoms with E-state index in [4.69, 9.17) is 10.8 Å². The summed E-state index contributed by atoms with van der Waals surface area (Å²) in [6.07, 6.45) is 1.85. The molecule has 0 aliphatic carbocycles. The number of aliphatic hydroxyl groups is 1. The molecule has 0 aliphatic rings. The molecular weight excluding hydrogens is 284 g/mol. The summed E-state index contributed by atoms with van der Waals surface area (Å²) in [5.74, 6) is 1.34. The second kappa shape index (κ2) is 7.26. The zero-order valence-electron chi connectivity index (χ0n) is 9.62. The van der Waals surface area contributed by atoms with Gasteiger partial charge in [0.05, 0.1) is 19.3 Å². The molecule has 1 aromatic rings. The lowest BCUT2D eigenvalue weighted by Crippen LogP contribution is -2.43. The number of nitrogens with zero attached hydrogens (tertiary/aromatic N) is 1. The minimum Gasteiger partial charge on any atom is -0.395 e. The molecular formula is C11H18BrN4O+. The SMILES string of the molecule is C=C(NCCNCCO)[n+]1cc(Br)ccc1N. The summed E-state index contributed by atoms with van der Waals surface area (Å²) in [6, 6.07) is 3.68. The lowest BCUT2D eigenvalue weighted by molar-refractivity contribution is -0.570. The number of halogens is 1. The zero-order chi connectivity index (χ0) is 12.7. The lowest BCUT2D eigenvalue weighted by Gasteiger charge is -2.09. The predicted molar refractivity (Wildman–Crippen MR) is 72.0 cm³/mol. The lowest BCUT2D eigenvalue weighted by atomic mass is 10.4. The van der Waals surface area contributed by atoms with Gasteiger partial charge in [-0.25, -0.2) is 4.57 Å². The molecule has 0 aromatic carbocycles. The van der Waals surface area contributed by atoms with Crippen LogP contribution in [-0.2, 0) is 0 Å². The van der Waals surface area contributed by atoms with Crippen LogP contribution in [0.25, 0.3) is 5.82 Å². The largest absolute Gasteiger partial charge is 0.395 e. The van der Waals surface area contributed by atoms with Crippen molar-refractivity contribution in [3.63, 3.8) is 0 Å². The normalized spacial score (nSPS) is 10.2. The average Bonchev–Trinajstić information content (AvgIpc) is 2.32. The number of hydrogen-bond donors (Lipinski definition) is 4. The fraction of sp³-hybridized carbons (Fsp3) is 0.364. The molecule has 0 unspecified atom stereocenters. The van der Waals surface area contributed by atoms with Gasteiger partial charge in [-0.15, -0.1) is 0 Å². The van der Waals surface area contributed by atoms with Gasteiger partial charge in [0, 0.05) is 23.6 Å². The van der Waals surface area contributed by atoms with Gasteiger partial charge >= 0.3 is 0 Å². The molecule has 17 heavy (non-hydrogen) atoms. The number of aliphatic hydroxyl groups excluding tert-OH is 1. The average molecular weight is 302 g/mol. The molecule has 0 fully saturated rings. The van der Waals surface area contributed by atoms with Gasteiger partial charge in [-0.05, 0) is 28.6 Å². The van der Waals surface area contributed by atoms with E-state index >= 15 is 0 Å². The van der Waals surface area contributed by atoms with Gasteiger partial charge in [-0.3, -0.25) is 0 Å². The summed E-state index contributed by atoms with van der Waals surface area (Å²) in [7, 11) is 0. The minimum absolute atomic E-state index is 0.147. The van der Waals surface area contributed by atoms with Gasteiger partial charge in [0.15, 0.2) is 0 Å². The predicted octanol–water partition coefficient (Wildman–Crippen LogP) is -0.0815. The third kappa shape index (κ3) is 4.72. The van der Waals surface area contributed by atoms with E-state index in [1.54, 1.807) is 10.6 Å². The van der Waals surface area contributed by atoms with Crippen molar-refractivity contribution in [2.24, 2.45) is 0 Å². The second-order valence-electron chi connectivity index (χ2n) is 3.49. The van der Waals surface area contributed by atoms with Crippen molar-refractivity contribution in [1.82, 2.24) is 10.6 Å². The van der Waals surface area contributed by atoms with Crippen molar-refractivity contribution < 1.29 is 9.67 Å². The van der Waals surface area contributed by atoms with Crippen LogP contribution in [0.5, 0.6) is 0 Å². The Morgan fingerprint density at radius 3 is 2.88 bits per heavy atom.